The van der Waals surface area contributed by atoms with E-state index in [4.69, 9.17) is 16.2 Å². The van der Waals surface area contributed by atoms with Crippen molar-refractivity contribution in [3.63, 3.8) is 0 Å². The second-order valence-corrected chi connectivity index (χ2v) is 4.76. The normalized spacial score (nSPS) is 9.70. The molecule has 4 nitrogen and oxygen atoms in total. The lowest BCUT2D eigenvalue weighted by Crippen LogP contribution is -2.22. The monoisotopic (exact) mass is 391 g/mol. The van der Waals surface area contributed by atoms with Crippen LogP contribution in [0.25, 0.3) is 0 Å². The summed E-state index contributed by atoms with van der Waals surface area (Å²) in [7, 11) is 0. The van der Waals surface area contributed by atoms with Gasteiger partial charge in [0.25, 0.3) is 0 Å². The lowest BCUT2D eigenvalue weighted by molar-refractivity contribution is 0.302. The van der Waals surface area contributed by atoms with Gasteiger partial charge in [-0.25, -0.2) is 4.99 Å². The fourth-order valence-electron chi connectivity index (χ4n) is 1.81. The van der Waals surface area contributed by atoms with Crippen molar-refractivity contribution in [3.8, 4) is 5.75 Å². The van der Waals surface area contributed by atoms with Gasteiger partial charge in [0.2, 0.25) is 0 Å². The number of unbranched alkanes of at least 4 members (excludes halogenated alkanes) is 3. The molecule has 0 aliphatic rings. The van der Waals surface area contributed by atoms with Gasteiger partial charge in [-0.2, -0.15) is 0 Å². The third kappa shape index (κ3) is 7.57. The van der Waals surface area contributed by atoms with Gasteiger partial charge in [0, 0.05) is 5.56 Å². The Morgan fingerprint density at radius 1 is 1.20 bits per heavy atom. The molecule has 0 aromatic heterocycles. The molecule has 4 N–H and O–H groups in total. The van der Waals surface area contributed by atoms with E-state index in [1.54, 1.807) is 0 Å². The average molecular weight is 391 g/mol. The van der Waals surface area contributed by atoms with E-state index in [2.05, 4.69) is 11.9 Å². The maximum atomic E-state index is 5.85. The molecule has 20 heavy (non-hydrogen) atoms. The number of halogens is 1. The molecule has 0 heterocycles. The third-order valence-corrected chi connectivity index (χ3v) is 2.91. The van der Waals surface area contributed by atoms with Crippen molar-refractivity contribution in [2.45, 2.75) is 46.1 Å². The first-order chi connectivity index (χ1) is 9.13. The van der Waals surface area contributed by atoms with E-state index in [1.165, 1.54) is 24.8 Å². The van der Waals surface area contributed by atoms with E-state index in [9.17, 15) is 0 Å². The molecule has 0 fully saturated rings. The number of nitrogens with zero attached hydrogens (tertiary/aromatic N) is 1. The lowest BCUT2D eigenvalue weighted by atomic mass is 10.1. The van der Waals surface area contributed by atoms with Gasteiger partial charge in [0.05, 0.1) is 13.2 Å². The van der Waals surface area contributed by atoms with E-state index in [1.807, 2.05) is 25.1 Å². The molecule has 0 aliphatic carbocycles. The van der Waals surface area contributed by atoms with Crippen molar-refractivity contribution in [1.29, 1.82) is 0 Å². The Balaban J connectivity index is 0.00000361. The minimum Gasteiger partial charge on any atom is -0.493 e. The molecule has 0 aliphatic heterocycles. The molecular formula is C15H26IN3O. The summed E-state index contributed by atoms with van der Waals surface area (Å²) in [5.74, 6) is 0.996. The van der Waals surface area contributed by atoms with Crippen LogP contribution in [0.2, 0.25) is 0 Å². The molecule has 0 bridgehead atoms. The molecule has 0 amide bonds. The smallest absolute Gasteiger partial charge is 0.186 e. The minimum absolute atomic E-state index is 0. The number of benzene rings is 1. The standard InChI is InChI=1S/C15H25N3O.HI/c1-3-4-5-6-9-19-14-10-12(2)7-8-13(14)11-18-15(16)17;/h7-8,10H,3-6,9,11H2,1-2H3,(H4,16,17,18);1H. The zero-order chi connectivity index (χ0) is 14.1. The number of aliphatic imine (C=N–C) groups is 1. The highest BCUT2D eigenvalue weighted by molar-refractivity contribution is 14.0. The van der Waals surface area contributed by atoms with E-state index < -0.39 is 0 Å². The molecule has 1 aromatic carbocycles. The number of rotatable bonds is 8. The first-order valence-corrected chi connectivity index (χ1v) is 6.91. The van der Waals surface area contributed by atoms with Crippen LogP contribution in [0.1, 0.15) is 43.7 Å². The number of nitrogens with two attached hydrogens (primary N) is 2. The van der Waals surface area contributed by atoms with E-state index in [-0.39, 0.29) is 29.9 Å². The fourth-order valence-corrected chi connectivity index (χ4v) is 1.81. The summed E-state index contributed by atoms with van der Waals surface area (Å²) in [6.45, 7) is 5.47. The van der Waals surface area contributed by atoms with E-state index >= 15 is 0 Å². The van der Waals surface area contributed by atoms with Gasteiger partial charge >= 0.3 is 0 Å². The van der Waals surface area contributed by atoms with E-state index in [0.717, 1.165) is 24.3 Å². The van der Waals surface area contributed by atoms with Crippen LogP contribution < -0.4 is 16.2 Å². The zero-order valence-corrected chi connectivity index (χ0v) is 14.7. The van der Waals surface area contributed by atoms with Crippen LogP contribution >= 0.6 is 24.0 Å². The molecule has 5 heteroatoms. The first kappa shape index (κ1) is 19.0. The SMILES string of the molecule is CCCCCCOc1cc(C)ccc1CN=C(N)N.I. The van der Waals surface area contributed by atoms with Crippen LogP contribution in [-0.2, 0) is 6.54 Å². The molecule has 0 spiro atoms. The lowest BCUT2D eigenvalue weighted by Gasteiger charge is -2.11. The highest BCUT2D eigenvalue weighted by Crippen LogP contribution is 2.21. The fraction of sp³-hybridized carbons (Fsp3) is 0.533. The topological polar surface area (TPSA) is 73.6 Å². The van der Waals surface area contributed by atoms with Gasteiger partial charge in [0.1, 0.15) is 5.75 Å². The van der Waals surface area contributed by atoms with Crippen LogP contribution in [0.3, 0.4) is 0 Å². The summed E-state index contributed by atoms with van der Waals surface area (Å²) in [5.41, 5.74) is 12.9. The van der Waals surface area contributed by atoms with Crippen LogP contribution in [0.4, 0.5) is 0 Å². The quantitative estimate of drug-likeness (QED) is 0.309. The van der Waals surface area contributed by atoms with Gasteiger partial charge in [-0.1, -0.05) is 38.3 Å². The maximum Gasteiger partial charge on any atom is 0.186 e. The molecule has 0 radical (unpaired) electrons. The summed E-state index contributed by atoms with van der Waals surface area (Å²) in [4.78, 5) is 4.04. The van der Waals surface area contributed by atoms with Crippen molar-refractivity contribution >= 4 is 29.9 Å². The Kier molecular flexibility index (Phi) is 10.2. The van der Waals surface area contributed by atoms with Gasteiger partial charge in [-0.05, 0) is 25.0 Å². The molecule has 0 atom stereocenters. The number of hydrogen-bond donors (Lipinski definition) is 2. The van der Waals surface area contributed by atoms with Crippen molar-refractivity contribution in [3.05, 3.63) is 29.3 Å². The number of guanidine groups is 1. The largest absolute Gasteiger partial charge is 0.493 e. The van der Waals surface area contributed by atoms with Crippen molar-refractivity contribution in [1.82, 2.24) is 0 Å². The summed E-state index contributed by atoms with van der Waals surface area (Å²) in [6.07, 6.45) is 4.80. The molecule has 0 saturated carbocycles. The summed E-state index contributed by atoms with van der Waals surface area (Å²) >= 11 is 0. The predicted octanol–water partition coefficient (Wildman–Crippen LogP) is 3.35. The number of aryl methyl sites for hydroxylation is 1. The minimum atomic E-state index is 0. The molecular weight excluding hydrogens is 365 g/mol. The Bertz CT molecular complexity index is 418. The number of hydrogen-bond acceptors (Lipinski definition) is 2. The average Bonchev–Trinajstić information content (AvgIpc) is 2.37. The number of ether oxygens (including phenoxy) is 1. The molecule has 0 saturated heterocycles. The first-order valence-electron chi connectivity index (χ1n) is 6.91. The van der Waals surface area contributed by atoms with Gasteiger partial charge in [0.15, 0.2) is 5.96 Å². The molecule has 114 valence electrons. The van der Waals surface area contributed by atoms with Crippen molar-refractivity contribution < 1.29 is 4.74 Å². The third-order valence-electron chi connectivity index (χ3n) is 2.91. The second kappa shape index (κ2) is 10.8. The molecule has 0 unspecified atom stereocenters. The van der Waals surface area contributed by atoms with Crippen molar-refractivity contribution in [2.75, 3.05) is 6.61 Å². The maximum absolute atomic E-state index is 5.85. The van der Waals surface area contributed by atoms with Gasteiger partial charge in [-0.15, -0.1) is 24.0 Å². The Labute approximate surface area is 139 Å². The summed E-state index contributed by atoms with van der Waals surface area (Å²) in [6, 6.07) is 6.10. The van der Waals surface area contributed by atoms with Gasteiger partial charge in [-0.3, -0.25) is 0 Å². The predicted molar refractivity (Wildman–Crippen MR) is 95.7 cm³/mol. The highest BCUT2D eigenvalue weighted by atomic mass is 127. The molecule has 1 rings (SSSR count). The van der Waals surface area contributed by atoms with Gasteiger partial charge < -0.3 is 16.2 Å². The van der Waals surface area contributed by atoms with Crippen LogP contribution in [0.15, 0.2) is 23.2 Å². The van der Waals surface area contributed by atoms with Crippen LogP contribution in [0, 0.1) is 6.92 Å². The van der Waals surface area contributed by atoms with Crippen LogP contribution in [0.5, 0.6) is 5.75 Å². The Hall–Kier alpha value is -0.980. The Morgan fingerprint density at radius 2 is 1.95 bits per heavy atom. The summed E-state index contributed by atoms with van der Waals surface area (Å²) < 4.78 is 5.85. The van der Waals surface area contributed by atoms with E-state index in [0.29, 0.717) is 6.54 Å². The van der Waals surface area contributed by atoms with Crippen LogP contribution in [-0.4, -0.2) is 12.6 Å². The van der Waals surface area contributed by atoms with Crippen molar-refractivity contribution in [2.24, 2.45) is 16.5 Å². The highest BCUT2D eigenvalue weighted by Gasteiger charge is 2.04. The Morgan fingerprint density at radius 3 is 2.60 bits per heavy atom. The zero-order valence-electron chi connectivity index (χ0n) is 12.4. The second-order valence-electron chi connectivity index (χ2n) is 4.76. The molecule has 1 aromatic rings. The summed E-state index contributed by atoms with van der Waals surface area (Å²) in [5, 5.41) is 0.